The summed E-state index contributed by atoms with van der Waals surface area (Å²) < 4.78 is 80.0. The van der Waals surface area contributed by atoms with Gasteiger partial charge in [0.25, 0.3) is 15.9 Å². The van der Waals surface area contributed by atoms with Crippen LogP contribution in [-0.2, 0) is 21.8 Å². The molecule has 10 nitrogen and oxygen atoms in total. The van der Waals surface area contributed by atoms with Gasteiger partial charge in [0.05, 0.1) is 30.1 Å². The van der Waals surface area contributed by atoms with E-state index in [-0.39, 0.29) is 53.5 Å². The Labute approximate surface area is 220 Å². The van der Waals surface area contributed by atoms with Crippen LogP contribution < -0.4 is 9.46 Å². The minimum Gasteiger partial charge on any atom is -0.491 e. The van der Waals surface area contributed by atoms with E-state index in [1.165, 1.54) is 47.3 Å². The summed E-state index contributed by atoms with van der Waals surface area (Å²) in [5.41, 5.74) is 0.326. The van der Waals surface area contributed by atoms with E-state index in [2.05, 4.69) is 9.71 Å². The number of aromatic nitrogens is 2. The smallest absolute Gasteiger partial charge is 0.390 e. The number of likely N-dealkylation sites (N-methyl/N-ethyl adjacent to an activating group) is 1. The maximum absolute atomic E-state index is 13.3. The molecule has 1 aromatic heterocycles. The fourth-order valence-electron chi connectivity index (χ4n) is 4.23. The number of methoxy groups -OCH3 is 1. The lowest BCUT2D eigenvalue weighted by molar-refractivity contribution is -0.140. The molecule has 1 amide bonds. The Hall–Kier alpha value is -2.84. The van der Waals surface area contributed by atoms with Crippen molar-refractivity contribution < 1.29 is 35.9 Å². The van der Waals surface area contributed by atoms with E-state index in [0.717, 1.165) is 0 Å². The highest BCUT2D eigenvalue weighted by atomic mass is 32.2. The minimum absolute atomic E-state index is 0.0251. The van der Waals surface area contributed by atoms with Crippen molar-refractivity contribution in [2.24, 2.45) is 13.0 Å². The van der Waals surface area contributed by atoms with Crippen molar-refractivity contribution >= 4 is 21.6 Å². The summed E-state index contributed by atoms with van der Waals surface area (Å²) in [5, 5.41) is -0.182. The summed E-state index contributed by atoms with van der Waals surface area (Å²) in [7, 11) is 0.733. The molecule has 1 N–H and O–H groups in total. The molecule has 0 bridgehead atoms. The first kappa shape index (κ1) is 29.7. The Morgan fingerprint density at radius 1 is 1.21 bits per heavy atom. The molecule has 0 saturated heterocycles. The van der Waals surface area contributed by atoms with Crippen LogP contribution in [0.3, 0.4) is 0 Å². The van der Waals surface area contributed by atoms with Crippen LogP contribution in [0.25, 0.3) is 0 Å². The number of carbonyl (C=O) groups is 1. The molecular weight excluding hydrogens is 527 g/mol. The van der Waals surface area contributed by atoms with E-state index in [1.807, 2.05) is 6.92 Å². The van der Waals surface area contributed by atoms with Crippen molar-refractivity contribution in [3.05, 3.63) is 36.3 Å². The number of ether oxygens (including phenoxy) is 2. The first-order valence-corrected chi connectivity index (χ1v) is 13.5. The number of halogens is 3. The fourth-order valence-corrected chi connectivity index (χ4v) is 5.26. The average Bonchev–Trinajstić information content (AvgIpc) is 3.29. The molecule has 0 spiro atoms. The normalized spacial score (nSPS) is 22.3. The number of alkyl halides is 3. The highest BCUT2D eigenvalue weighted by Gasteiger charge is 2.32. The standard InChI is InChI=1S/C24H34F3N5O5S/c1-16-11-32(9-8-24(25,26)27)17(2)14-37-20-10-18(29-38(34,35)22-13-30(3)15-28-22)6-7-19(20)23(33)31(4)12-21(16)36-5/h6-7,10,13,15-17,21,29H,8-9,11-12,14H2,1-5H3/t16-,17+,21-/m0/s1. The lowest BCUT2D eigenvalue weighted by Crippen LogP contribution is -2.47. The molecule has 0 unspecified atom stereocenters. The van der Waals surface area contributed by atoms with Crippen LogP contribution in [0.1, 0.15) is 30.6 Å². The Morgan fingerprint density at radius 3 is 2.53 bits per heavy atom. The van der Waals surface area contributed by atoms with E-state index < -0.39 is 34.8 Å². The van der Waals surface area contributed by atoms with Gasteiger partial charge in [0.15, 0.2) is 5.03 Å². The highest BCUT2D eigenvalue weighted by Crippen LogP contribution is 2.28. The highest BCUT2D eigenvalue weighted by molar-refractivity contribution is 7.92. The first-order valence-electron chi connectivity index (χ1n) is 12.1. The molecule has 0 aliphatic carbocycles. The van der Waals surface area contributed by atoms with Gasteiger partial charge in [0, 0.05) is 59.1 Å². The Morgan fingerprint density at radius 2 is 1.92 bits per heavy atom. The van der Waals surface area contributed by atoms with Gasteiger partial charge in [-0.1, -0.05) is 6.92 Å². The monoisotopic (exact) mass is 561 g/mol. The number of rotatable bonds is 6. The second kappa shape index (κ2) is 11.9. The van der Waals surface area contributed by atoms with E-state index in [0.29, 0.717) is 6.54 Å². The van der Waals surface area contributed by atoms with Crippen molar-refractivity contribution in [1.29, 1.82) is 0 Å². The minimum atomic E-state index is -4.31. The number of benzene rings is 1. The van der Waals surface area contributed by atoms with Crippen LogP contribution in [0, 0.1) is 5.92 Å². The zero-order valence-corrected chi connectivity index (χ0v) is 22.8. The zero-order chi connectivity index (χ0) is 28.3. The first-order chi connectivity index (χ1) is 17.7. The van der Waals surface area contributed by atoms with Crippen molar-refractivity contribution in [3.8, 4) is 5.75 Å². The molecule has 0 radical (unpaired) electrons. The molecule has 0 fully saturated rings. The lowest BCUT2D eigenvalue weighted by Gasteiger charge is -2.36. The molecule has 1 aliphatic heterocycles. The quantitative estimate of drug-likeness (QED) is 0.578. The van der Waals surface area contributed by atoms with Crippen molar-refractivity contribution in [2.45, 2.75) is 43.6 Å². The summed E-state index contributed by atoms with van der Waals surface area (Å²) in [4.78, 5) is 20.3. The predicted molar refractivity (Wildman–Crippen MR) is 135 cm³/mol. The van der Waals surface area contributed by atoms with Crippen molar-refractivity contribution in [1.82, 2.24) is 19.4 Å². The number of carbonyl (C=O) groups excluding carboxylic acids is 1. The van der Waals surface area contributed by atoms with E-state index >= 15 is 0 Å². The molecule has 1 aromatic carbocycles. The Balaban J connectivity index is 1.94. The summed E-state index contributed by atoms with van der Waals surface area (Å²) in [6.07, 6.45) is -3.01. The third-order valence-corrected chi connectivity index (χ3v) is 7.73. The molecular formula is C24H34F3N5O5S. The predicted octanol–water partition coefficient (Wildman–Crippen LogP) is 2.98. The maximum atomic E-state index is 13.3. The molecule has 38 heavy (non-hydrogen) atoms. The van der Waals surface area contributed by atoms with Gasteiger partial charge < -0.3 is 18.9 Å². The molecule has 3 atom stereocenters. The van der Waals surface area contributed by atoms with E-state index in [4.69, 9.17) is 9.47 Å². The number of aryl methyl sites for hydroxylation is 1. The third-order valence-electron chi connectivity index (χ3n) is 6.47. The zero-order valence-electron chi connectivity index (χ0n) is 22.0. The van der Waals surface area contributed by atoms with Gasteiger partial charge in [0.2, 0.25) is 0 Å². The summed E-state index contributed by atoms with van der Waals surface area (Å²) in [6.45, 7) is 3.88. The number of sulfonamides is 1. The van der Waals surface area contributed by atoms with Crippen molar-refractivity contribution in [3.63, 3.8) is 0 Å². The van der Waals surface area contributed by atoms with Gasteiger partial charge >= 0.3 is 6.18 Å². The molecule has 2 heterocycles. The van der Waals surface area contributed by atoms with Gasteiger partial charge in [-0.2, -0.15) is 21.6 Å². The number of fused-ring (bicyclic) bond motifs is 1. The lowest BCUT2D eigenvalue weighted by atomic mass is 10.0. The number of nitrogens with one attached hydrogen (secondary N) is 1. The third kappa shape index (κ3) is 7.60. The molecule has 2 aromatic rings. The molecule has 14 heteroatoms. The summed E-state index contributed by atoms with van der Waals surface area (Å²) >= 11 is 0. The van der Waals surface area contributed by atoms with Crippen LogP contribution >= 0.6 is 0 Å². The van der Waals surface area contributed by atoms with Crippen LogP contribution in [0.2, 0.25) is 0 Å². The topological polar surface area (TPSA) is 106 Å². The fraction of sp³-hybridized carbons (Fsp3) is 0.583. The van der Waals surface area contributed by atoms with Gasteiger partial charge in [-0.25, -0.2) is 4.98 Å². The molecule has 3 rings (SSSR count). The van der Waals surface area contributed by atoms with E-state index in [9.17, 15) is 26.4 Å². The van der Waals surface area contributed by atoms with Crippen LogP contribution in [0.4, 0.5) is 18.9 Å². The van der Waals surface area contributed by atoms with Crippen LogP contribution in [0.15, 0.2) is 35.7 Å². The van der Waals surface area contributed by atoms with Gasteiger partial charge in [-0.3, -0.25) is 14.4 Å². The summed E-state index contributed by atoms with van der Waals surface area (Å²) in [5.74, 6) is -0.433. The average molecular weight is 562 g/mol. The van der Waals surface area contributed by atoms with Gasteiger partial charge in [-0.15, -0.1) is 0 Å². The number of anilines is 1. The SMILES string of the molecule is CO[C@H]1CN(C)C(=O)c2ccc(NS(=O)(=O)c3cn(C)cn3)cc2OC[C@@H](C)N(CCC(F)(F)F)C[C@@H]1C. The van der Waals surface area contributed by atoms with Gasteiger partial charge in [0.1, 0.15) is 12.4 Å². The Kier molecular flexibility index (Phi) is 9.31. The van der Waals surface area contributed by atoms with Crippen LogP contribution in [0.5, 0.6) is 5.75 Å². The van der Waals surface area contributed by atoms with Crippen LogP contribution in [-0.4, -0.2) is 92.4 Å². The second-order valence-corrected chi connectivity index (χ2v) is 11.3. The van der Waals surface area contributed by atoms with E-state index in [1.54, 1.807) is 25.9 Å². The number of amides is 1. The number of hydrogen-bond acceptors (Lipinski definition) is 7. The number of hydrogen-bond donors (Lipinski definition) is 1. The summed E-state index contributed by atoms with van der Waals surface area (Å²) in [6, 6.07) is 3.84. The van der Waals surface area contributed by atoms with Gasteiger partial charge in [-0.05, 0) is 25.0 Å². The number of imidazole rings is 1. The van der Waals surface area contributed by atoms with Crippen molar-refractivity contribution in [2.75, 3.05) is 45.1 Å². The second-order valence-electron chi connectivity index (χ2n) is 9.65. The maximum Gasteiger partial charge on any atom is 0.390 e. The molecule has 1 aliphatic rings. The number of nitrogens with zero attached hydrogens (tertiary/aromatic N) is 4. The largest absolute Gasteiger partial charge is 0.491 e. The Bertz CT molecular complexity index is 1220. The molecule has 0 saturated carbocycles. The molecule has 212 valence electrons.